The van der Waals surface area contributed by atoms with E-state index in [0.717, 1.165) is 17.7 Å². The maximum absolute atomic E-state index is 12.9. The van der Waals surface area contributed by atoms with E-state index in [0.29, 0.717) is 34.8 Å². The van der Waals surface area contributed by atoms with Crippen molar-refractivity contribution < 1.29 is 19.0 Å². The fourth-order valence-corrected chi connectivity index (χ4v) is 4.18. The number of ketones is 1. The lowest BCUT2D eigenvalue weighted by molar-refractivity contribution is -0.123. The molecule has 1 N–H and O–H groups in total. The summed E-state index contributed by atoms with van der Waals surface area (Å²) in [4.78, 5) is 17.5. The van der Waals surface area contributed by atoms with Crippen molar-refractivity contribution in [2.75, 3.05) is 32.9 Å². The Morgan fingerprint density at radius 1 is 1.14 bits per heavy atom. The van der Waals surface area contributed by atoms with Crippen LogP contribution in [0.1, 0.15) is 24.4 Å². The number of rotatable bonds is 5. The van der Waals surface area contributed by atoms with Gasteiger partial charge in [0, 0.05) is 23.7 Å². The minimum Gasteiger partial charge on any atom is -0.496 e. The van der Waals surface area contributed by atoms with E-state index in [-0.39, 0.29) is 11.7 Å². The number of thioether (sulfide) groups is 1. The average molecular weight is 402 g/mol. The highest BCUT2D eigenvalue weighted by Gasteiger charge is 2.43. The molecule has 0 fully saturated rings. The molecule has 0 radical (unpaired) electrons. The lowest BCUT2D eigenvalue weighted by Crippen LogP contribution is -2.39. The van der Waals surface area contributed by atoms with Gasteiger partial charge in [-0.3, -0.25) is 4.79 Å². The minimum atomic E-state index is -0.390. The number of Topliss-reactive ketones (excluding diaryl/α,β-unsaturated/α-hetero) is 1. The zero-order valence-electron chi connectivity index (χ0n) is 16.2. The number of aromatic nitrogens is 3. The molecular formula is C19H22N4O4S. The van der Waals surface area contributed by atoms with Crippen molar-refractivity contribution >= 4 is 23.5 Å². The van der Waals surface area contributed by atoms with E-state index in [9.17, 15) is 4.79 Å². The summed E-state index contributed by atoms with van der Waals surface area (Å²) in [6.07, 6.45) is 5.21. The summed E-state index contributed by atoms with van der Waals surface area (Å²) < 4.78 is 18.3. The predicted molar refractivity (Wildman–Crippen MR) is 105 cm³/mol. The van der Waals surface area contributed by atoms with E-state index in [2.05, 4.69) is 21.5 Å². The van der Waals surface area contributed by atoms with E-state index in [4.69, 9.17) is 14.2 Å². The SMILES string of the molecule is COc1cc(OC)c([C@H]2[C@@H]3C(=O)CCC=C3Nc3nc(SC)nn32)cc1OC. The maximum Gasteiger partial charge on any atom is 0.227 e. The van der Waals surface area contributed by atoms with Crippen molar-refractivity contribution in [2.45, 2.75) is 24.0 Å². The van der Waals surface area contributed by atoms with Gasteiger partial charge in [0.05, 0.1) is 33.3 Å². The molecule has 2 aliphatic rings. The van der Waals surface area contributed by atoms with Crippen LogP contribution in [0.5, 0.6) is 17.2 Å². The van der Waals surface area contributed by atoms with E-state index in [1.54, 1.807) is 32.1 Å². The van der Waals surface area contributed by atoms with Crippen LogP contribution in [-0.2, 0) is 4.79 Å². The molecule has 0 amide bonds. The quantitative estimate of drug-likeness (QED) is 0.764. The molecule has 0 spiro atoms. The van der Waals surface area contributed by atoms with Gasteiger partial charge in [-0.1, -0.05) is 17.8 Å². The Bertz CT molecular complexity index is 956. The van der Waals surface area contributed by atoms with Crippen molar-refractivity contribution in [2.24, 2.45) is 5.92 Å². The molecule has 0 saturated heterocycles. The zero-order valence-corrected chi connectivity index (χ0v) is 17.0. The summed E-state index contributed by atoms with van der Waals surface area (Å²) in [6.45, 7) is 0. The molecule has 1 aromatic heterocycles. The van der Waals surface area contributed by atoms with Gasteiger partial charge in [0.25, 0.3) is 0 Å². The predicted octanol–water partition coefficient (Wildman–Crippen LogP) is 2.90. The van der Waals surface area contributed by atoms with E-state index in [1.807, 2.05) is 12.3 Å². The zero-order chi connectivity index (χ0) is 19.8. The summed E-state index contributed by atoms with van der Waals surface area (Å²) in [7, 11) is 4.76. The third-order valence-corrected chi connectivity index (χ3v) is 5.66. The Labute approximate surface area is 167 Å². The first-order chi connectivity index (χ1) is 13.6. The summed E-state index contributed by atoms with van der Waals surface area (Å²) in [6, 6.07) is 3.24. The number of methoxy groups -OCH3 is 3. The van der Waals surface area contributed by atoms with Crippen LogP contribution in [0.2, 0.25) is 0 Å². The summed E-state index contributed by atoms with van der Waals surface area (Å²) in [5.41, 5.74) is 1.66. The molecule has 8 nitrogen and oxygen atoms in total. The van der Waals surface area contributed by atoms with Crippen molar-refractivity contribution in [1.29, 1.82) is 0 Å². The number of carbonyl (C=O) groups excluding carboxylic acids is 1. The standard InChI is InChI=1S/C19H22N4O4S/c1-25-13-9-15(27-3)14(26-2)8-10(13)17-16-11(6-5-7-12(16)24)20-18-21-19(28-4)22-23(17)18/h6,8-9,16-17H,5,7H2,1-4H3,(H,20,21,22)/t16-,17-/m0/s1. The van der Waals surface area contributed by atoms with Gasteiger partial charge in [0.1, 0.15) is 11.5 Å². The number of anilines is 1. The number of ether oxygens (including phenoxy) is 3. The first-order valence-corrected chi connectivity index (χ1v) is 10.1. The van der Waals surface area contributed by atoms with Gasteiger partial charge in [-0.05, 0) is 18.7 Å². The Morgan fingerprint density at radius 2 is 1.86 bits per heavy atom. The molecule has 0 bridgehead atoms. The number of hydrogen-bond donors (Lipinski definition) is 1. The number of allylic oxidation sites excluding steroid dienone is 2. The monoisotopic (exact) mass is 402 g/mol. The normalized spacial score (nSPS) is 20.6. The molecule has 0 saturated carbocycles. The molecule has 2 heterocycles. The van der Waals surface area contributed by atoms with Crippen LogP contribution >= 0.6 is 11.8 Å². The number of carbonyl (C=O) groups is 1. The number of fused-ring (bicyclic) bond motifs is 2. The van der Waals surface area contributed by atoms with E-state index >= 15 is 0 Å². The average Bonchev–Trinajstić information content (AvgIpc) is 3.14. The first-order valence-electron chi connectivity index (χ1n) is 8.91. The molecule has 1 aliphatic carbocycles. The molecule has 4 rings (SSSR count). The lowest BCUT2D eigenvalue weighted by Gasteiger charge is -2.36. The molecule has 2 aromatic rings. The van der Waals surface area contributed by atoms with Crippen molar-refractivity contribution in [3.8, 4) is 17.2 Å². The van der Waals surface area contributed by atoms with Gasteiger partial charge >= 0.3 is 0 Å². The topological polar surface area (TPSA) is 87.5 Å². The van der Waals surface area contributed by atoms with E-state index < -0.39 is 6.04 Å². The number of hydrogen-bond acceptors (Lipinski definition) is 8. The van der Waals surface area contributed by atoms with Crippen molar-refractivity contribution in [3.63, 3.8) is 0 Å². The van der Waals surface area contributed by atoms with Crippen LogP contribution in [0, 0.1) is 5.92 Å². The molecule has 1 aromatic carbocycles. The molecule has 2 atom stereocenters. The molecule has 0 unspecified atom stereocenters. The van der Waals surface area contributed by atoms with Gasteiger partial charge in [0.2, 0.25) is 11.1 Å². The molecular weight excluding hydrogens is 380 g/mol. The van der Waals surface area contributed by atoms with Gasteiger partial charge in [0.15, 0.2) is 11.5 Å². The fourth-order valence-electron chi connectivity index (χ4n) is 3.84. The van der Waals surface area contributed by atoms with Crippen LogP contribution < -0.4 is 19.5 Å². The highest BCUT2D eigenvalue weighted by Crippen LogP contribution is 2.47. The first kappa shape index (κ1) is 18.7. The largest absolute Gasteiger partial charge is 0.496 e. The van der Waals surface area contributed by atoms with E-state index in [1.165, 1.54) is 11.8 Å². The Balaban J connectivity index is 1.96. The summed E-state index contributed by atoms with van der Waals surface area (Å²) in [5, 5.41) is 8.55. The third kappa shape index (κ3) is 2.90. The summed E-state index contributed by atoms with van der Waals surface area (Å²) >= 11 is 1.45. The molecule has 148 valence electrons. The third-order valence-electron chi connectivity index (χ3n) is 5.12. The number of benzene rings is 1. The Hall–Kier alpha value is -2.68. The number of nitrogens with zero attached hydrogens (tertiary/aromatic N) is 3. The van der Waals surface area contributed by atoms with Gasteiger partial charge in [-0.25, -0.2) is 4.68 Å². The van der Waals surface area contributed by atoms with Crippen LogP contribution in [0.25, 0.3) is 0 Å². The van der Waals surface area contributed by atoms with Gasteiger partial charge in [-0.15, -0.1) is 5.10 Å². The molecule has 9 heteroatoms. The highest BCUT2D eigenvalue weighted by atomic mass is 32.2. The summed E-state index contributed by atoms with van der Waals surface area (Å²) in [5.74, 6) is 2.13. The second kappa shape index (κ2) is 7.38. The molecule has 1 aliphatic heterocycles. The van der Waals surface area contributed by atoms with Crippen LogP contribution in [0.3, 0.4) is 0 Å². The highest BCUT2D eigenvalue weighted by molar-refractivity contribution is 7.98. The van der Waals surface area contributed by atoms with Crippen molar-refractivity contribution in [1.82, 2.24) is 14.8 Å². The maximum atomic E-state index is 12.9. The minimum absolute atomic E-state index is 0.165. The smallest absolute Gasteiger partial charge is 0.227 e. The number of nitrogens with one attached hydrogen (secondary N) is 1. The second-order valence-electron chi connectivity index (χ2n) is 6.53. The van der Waals surface area contributed by atoms with Gasteiger partial charge in [-0.2, -0.15) is 4.98 Å². The van der Waals surface area contributed by atoms with Crippen LogP contribution in [-0.4, -0.2) is 48.1 Å². The lowest BCUT2D eigenvalue weighted by atomic mass is 9.80. The van der Waals surface area contributed by atoms with Crippen molar-refractivity contribution in [3.05, 3.63) is 29.5 Å². The van der Waals surface area contributed by atoms with Gasteiger partial charge < -0.3 is 19.5 Å². The fraction of sp³-hybridized carbons (Fsp3) is 0.421. The Kier molecular flexibility index (Phi) is 4.92. The van der Waals surface area contributed by atoms with Crippen LogP contribution in [0.4, 0.5) is 5.95 Å². The molecule has 28 heavy (non-hydrogen) atoms. The Morgan fingerprint density at radius 3 is 2.54 bits per heavy atom. The second-order valence-corrected chi connectivity index (χ2v) is 7.30. The van der Waals surface area contributed by atoms with Crippen LogP contribution in [0.15, 0.2) is 29.1 Å².